The van der Waals surface area contributed by atoms with Crippen LogP contribution in [0.2, 0.25) is 0 Å². The Kier molecular flexibility index (Phi) is 7.80. The van der Waals surface area contributed by atoms with E-state index in [9.17, 15) is 23.1 Å². The predicted molar refractivity (Wildman–Crippen MR) is 140 cm³/mol. The molecule has 6 nitrogen and oxygen atoms in total. The van der Waals surface area contributed by atoms with Gasteiger partial charge in [0.25, 0.3) is 5.92 Å². The van der Waals surface area contributed by atoms with Crippen LogP contribution in [0.1, 0.15) is 59.9 Å². The largest absolute Gasteiger partial charge is 0.489 e. The third-order valence-corrected chi connectivity index (χ3v) is 7.78. The maximum Gasteiger partial charge on any atom is 0.335 e. The van der Waals surface area contributed by atoms with Crippen LogP contribution in [0, 0.1) is 11.6 Å². The lowest BCUT2D eigenvalue weighted by Crippen LogP contribution is -2.47. The number of nitrogens with one attached hydrogen (secondary N) is 1. The van der Waals surface area contributed by atoms with Crippen molar-refractivity contribution in [2.24, 2.45) is 0 Å². The number of aromatic amines is 1. The third kappa shape index (κ3) is 5.67. The minimum atomic E-state index is -3.14. The van der Waals surface area contributed by atoms with Crippen molar-refractivity contribution in [3.8, 4) is 5.75 Å². The van der Waals surface area contributed by atoms with Gasteiger partial charge in [-0.2, -0.15) is 0 Å². The van der Waals surface area contributed by atoms with E-state index in [1.54, 1.807) is 13.0 Å². The van der Waals surface area contributed by atoms with Crippen molar-refractivity contribution in [2.45, 2.75) is 57.2 Å². The SMILES string of the molecule is C[C@@H]1Cc2c([nH]c3cc(C(=O)O)ccc23)[C@H](c2c(F)cc(OC3CCN(CCCF)C3)cc2F)N1CC(C)(F)F. The van der Waals surface area contributed by atoms with Crippen molar-refractivity contribution in [3.05, 3.63) is 64.4 Å². The third-order valence-electron chi connectivity index (χ3n) is 7.78. The molecule has 1 aromatic heterocycles. The average molecular weight is 566 g/mol. The molecular formula is C29H32F5N3O3. The predicted octanol–water partition coefficient (Wildman–Crippen LogP) is 5.95. The number of benzene rings is 2. The fraction of sp³-hybridized carbons (Fsp3) is 0.483. The quantitative estimate of drug-likeness (QED) is 0.314. The molecule has 3 atom stereocenters. The molecule has 0 radical (unpaired) electrons. The summed E-state index contributed by atoms with van der Waals surface area (Å²) in [5, 5.41) is 10.1. The Balaban J connectivity index is 1.53. The van der Waals surface area contributed by atoms with Crippen molar-refractivity contribution >= 4 is 16.9 Å². The molecule has 3 aromatic rings. The van der Waals surface area contributed by atoms with Crippen LogP contribution in [-0.4, -0.2) is 76.8 Å². The molecule has 0 saturated carbocycles. The van der Waals surface area contributed by atoms with Crippen LogP contribution < -0.4 is 4.74 Å². The van der Waals surface area contributed by atoms with E-state index in [2.05, 4.69) is 4.98 Å². The number of nitrogens with zero attached hydrogens (tertiary/aromatic N) is 2. The molecule has 0 bridgehead atoms. The van der Waals surface area contributed by atoms with Crippen LogP contribution in [-0.2, 0) is 6.42 Å². The first-order valence-electron chi connectivity index (χ1n) is 13.4. The Morgan fingerprint density at radius 2 is 1.93 bits per heavy atom. The summed E-state index contributed by atoms with van der Waals surface area (Å²) in [6.45, 7) is 3.13. The lowest BCUT2D eigenvalue weighted by Gasteiger charge is -2.42. The van der Waals surface area contributed by atoms with Crippen LogP contribution in [0.3, 0.4) is 0 Å². The Bertz CT molecular complexity index is 1380. The first-order chi connectivity index (χ1) is 18.9. The average Bonchev–Trinajstić information content (AvgIpc) is 3.46. The highest BCUT2D eigenvalue weighted by Crippen LogP contribution is 2.44. The molecule has 2 aromatic carbocycles. The van der Waals surface area contributed by atoms with Crippen LogP contribution in [0.5, 0.6) is 5.75 Å². The monoisotopic (exact) mass is 565 g/mol. The van der Waals surface area contributed by atoms with Gasteiger partial charge in [0, 0.05) is 66.9 Å². The van der Waals surface area contributed by atoms with Crippen molar-refractivity contribution in [1.29, 1.82) is 0 Å². The van der Waals surface area contributed by atoms with Gasteiger partial charge in [-0.3, -0.25) is 14.2 Å². The number of fused-ring (bicyclic) bond motifs is 3. The van der Waals surface area contributed by atoms with Gasteiger partial charge in [0.15, 0.2) is 0 Å². The summed E-state index contributed by atoms with van der Waals surface area (Å²) in [5.74, 6) is -6.13. The first-order valence-corrected chi connectivity index (χ1v) is 13.4. The number of ether oxygens (including phenoxy) is 1. The smallest absolute Gasteiger partial charge is 0.335 e. The van der Waals surface area contributed by atoms with Crippen LogP contribution in [0.4, 0.5) is 22.0 Å². The van der Waals surface area contributed by atoms with E-state index >= 15 is 8.78 Å². The second-order valence-electron chi connectivity index (χ2n) is 11.0. The Morgan fingerprint density at radius 3 is 2.58 bits per heavy atom. The van der Waals surface area contributed by atoms with Crippen LogP contribution in [0.25, 0.3) is 10.9 Å². The Hall–Kier alpha value is -3.18. The number of hydrogen-bond acceptors (Lipinski definition) is 4. The molecule has 2 N–H and O–H groups in total. The van der Waals surface area contributed by atoms with Gasteiger partial charge in [-0.25, -0.2) is 22.4 Å². The van der Waals surface area contributed by atoms with Crippen molar-refractivity contribution in [2.75, 3.05) is 32.9 Å². The molecule has 40 heavy (non-hydrogen) atoms. The molecule has 3 heterocycles. The molecule has 0 amide bonds. The second-order valence-corrected chi connectivity index (χ2v) is 11.0. The molecule has 0 spiro atoms. The number of carboxylic acids is 1. The highest BCUT2D eigenvalue weighted by molar-refractivity contribution is 5.95. The molecule has 1 fully saturated rings. The van der Waals surface area contributed by atoms with Crippen LogP contribution in [0.15, 0.2) is 30.3 Å². The molecule has 1 unspecified atom stereocenters. The van der Waals surface area contributed by atoms with Gasteiger partial charge in [0.1, 0.15) is 23.5 Å². The number of carbonyl (C=O) groups is 1. The van der Waals surface area contributed by atoms with E-state index in [4.69, 9.17) is 4.74 Å². The van der Waals surface area contributed by atoms with E-state index in [0.717, 1.165) is 19.1 Å². The number of carboxylic acid groups (broad SMARTS) is 1. The van der Waals surface area contributed by atoms with Gasteiger partial charge < -0.3 is 14.8 Å². The lowest BCUT2D eigenvalue weighted by molar-refractivity contribution is -0.0374. The zero-order chi connectivity index (χ0) is 28.8. The fourth-order valence-corrected chi connectivity index (χ4v) is 6.04. The normalized spacial score (nSPS) is 22.1. The summed E-state index contributed by atoms with van der Waals surface area (Å²) in [6, 6.07) is 4.96. The topological polar surface area (TPSA) is 68.8 Å². The highest BCUT2D eigenvalue weighted by atomic mass is 19.3. The maximum absolute atomic E-state index is 15.8. The van der Waals surface area contributed by atoms with E-state index in [-0.39, 0.29) is 23.0 Å². The van der Waals surface area contributed by atoms with Gasteiger partial charge in [-0.15, -0.1) is 0 Å². The summed E-state index contributed by atoms with van der Waals surface area (Å²) in [7, 11) is 0. The van der Waals surface area contributed by atoms with Gasteiger partial charge in [-0.1, -0.05) is 6.07 Å². The number of hydrogen-bond donors (Lipinski definition) is 2. The van der Waals surface area contributed by atoms with Crippen molar-refractivity contribution in [1.82, 2.24) is 14.8 Å². The van der Waals surface area contributed by atoms with E-state index in [1.807, 2.05) is 4.90 Å². The molecule has 0 aliphatic carbocycles. The summed E-state index contributed by atoms with van der Waals surface area (Å²) in [6.07, 6.45) is 1.07. The fourth-order valence-electron chi connectivity index (χ4n) is 6.04. The van der Waals surface area contributed by atoms with Gasteiger partial charge in [-0.05, 0) is 43.9 Å². The zero-order valence-corrected chi connectivity index (χ0v) is 22.3. The first kappa shape index (κ1) is 28.4. The molecule has 1 saturated heterocycles. The minimum absolute atomic E-state index is 0.00436. The van der Waals surface area contributed by atoms with Gasteiger partial charge in [0.2, 0.25) is 0 Å². The molecule has 2 aliphatic heterocycles. The molecule has 5 rings (SSSR count). The standard InChI is InChI=1S/C29H32F5N3O3/c1-16-10-21-20-5-4-17(28(38)39)11-24(20)35-26(21)27(37(16)15-29(2,33)34)25-22(31)12-19(13-23(25)32)40-18-6-9-36(14-18)8-3-7-30/h4-5,11-13,16,18,27,35H,3,6-10,14-15H2,1-2H3,(H,38,39)/t16-,18?,27+/m1/s1. The highest BCUT2D eigenvalue weighted by Gasteiger charge is 2.42. The van der Waals surface area contributed by atoms with Gasteiger partial charge in [0.05, 0.1) is 24.8 Å². The van der Waals surface area contributed by atoms with E-state index in [1.165, 1.54) is 17.0 Å². The number of rotatable bonds is 9. The van der Waals surface area contributed by atoms with E-state index < -0.39 is 48.8 Å². The molecule has 2 aliphatic rings. The number of aromatic nitrogens is 1. The minimum Gasteiger partial charge on any atom is -0.489 e. The number of likely N-dealkylation sites (tertiary alicyclic amines) is 1. The molecule has 216 valence electrons. The van der Waals surface area contributed by atoms with Gasteiger partial charge >= 0.3 is 5.97 Å². The Labute approximate surface area is 228 Å². The van der Waals surface area contributed by atoms with Crippen molar-refractivity contribution < 1.29 is 36.6 Å². The zero-order valence-electron chi connectivity index (χ0n) is 22.3. The lowest BCUT2D eigenvalue weighted by atomic mass is 9.87. The number of halogens is 5. The molecular weight excluding hydrogens is 533 g/mol. The number of H-pyrrole nitrogens is 1. The van der Waals surface area contributed by atoms with Crippen molar-refractivity contribution in [3.63, 3.8) is 0 Å². The Morgan fingerprint density at radius 1 is 1.20 bits per heavy atom. The maximum atomic E-state index is 15.8. The summed E-state index contributed by atoms with van der Waals surface area (Å²) < 4.78 is 78.6. The second kappa shape index (κ2) is 11.0. The van der Waals surface area contributed by atoms with E-state index in [0.29, 0.717) is 61.1 Å². The van der Waals surface area contributed by atoms with Crippen LogP contribution >= 0.6 is 0 Å². The number of alkyl halides is 3. The summed E-state index contributed by atoms with van der Waals surface area (Å²) in [5.41, 5.74) is 1.16. The number of aromatic carboxylic acids is 1. The summed E-state index contributed by atoms with van der Waals surface area (Å²) in [4.78, 5) is 18.0. The molecule has 11 heteroatoms. The summed E-state index contributed by atoms with van der Waals surface area (Å²) >= 11 is 0.